The van der Waals surface area contributed by atoms with Crippen LogP contribution < -0.4 is 14.4 Å². The molecule has 1 aromatic heterocycles. The molecule has 1 fully saturated rings. The molecule has 0 bridgehead atoms. The van der Waals surface area contributed by atoms with Crippen LogP contribution in [0.1, 0.15) is 17.5 Å². The molecular formula is C23H23ClN2O3. The van der Waals surface area contributed by atoms with E-state index in [1.807, 2.05) is 55.5 Å². The fourth-order valence-corrected chi connectivity index (χ4v) is 3.60. The van der Waals surface area contributed by atoms with Crippen molar-refractivity contribution in [3.63, 3.8) is 0 Å². The Balaban J connectivity index is 1.50. The molecule has 29 heavy (non-hydrogen) atoms. The minimum Gasteiger partial charge on any atom is -0.472 e. The zero-order chi connectivity index (χ0) is 20.2. The molecule has 0 amide bonds. The Morgan fingerprint density at radius 2 is 2.03 bits per heavy atom. The summed E-state index contributed by atoms with van der Waals surface area (Å²) < 4.78 is 12.0. The van der Waals surface area contributed by atoms with Crippen LogP contribution in [0.15, 0.2) is 60.8 Å². The number of nitrogens with zero attached hydrogens (tertiary/aromatic N) is 2. The van der Waals surface area contributed by atoms with E-state index < -0.39 is 0 Å². The van der Waals surface area contributed by atoms with Gasteiger partial charge in [-0.2, -0.15) is 0 Å². The molecule has 0 saturated carbocycles. The fourth-order valence-electron chi connectivity index (χ4n) is 3.43. The van der Waals surface area contributed by atoms with E-state index in [-0.39, 0.29) is 12.7 Å². The first-order valence-corrected chi connectivity index (χ1v) is 10.0. The molecular weight excluding hydrogens is 388 g/mol. The number of halogens is 1. The Kier molecular flexibility index (Phi) is 5.88. The van der Waals surface area contributed by atoms with Crippen molar-refractivity contribution in [2.24, 2.45) is 0 Å². The van der Waals surface area contributed by atoms with Gasteiger partial charge in [-0.15, -0.1) is 0 Å². The Bertz CT molecular complexity index is 978. The average molecular weight is 411 g/mol. The van der Waals surface area contributed by atoms with Gasteiger partial charge in [-0.05, 0) is 30.7 Å². The summed E-state index contributed by atoms with van der Waals surface area (Å²) in [6.07, 6.45) is 2.74. The minimum absolute atomic E-state index is 0.0384. The van der Waals surface area contributed by atoms with E-state index >= 15 is 0 Å². The van der Waals surface area contributed by atoms with Gasteiger partial charge in [0.25, 0.3) is 0 Å². The summed E-state index contributed by atoms with van der Waals surface area (Å²) in [6, 6.07) is 16.9. The van der Waals surface area contributed by atoms with E-state index in [9.17, 15) is 5.11 Å². The smallest absolute Gasteiger partial charge is 0.213 e. The van der Waals surface area contributed by atoms with Gasteiger partial charge in [0.1, 0.15) is 17.6 Å². The summed E-state index contributed by atoms with van der Waals surface area (Å²) in [5.74, 6) is 1.92. The molecule has 0 aliphatic carbocycles. The predicted molar refractivity (Wildman–Crippen MR) is 114 cm³/mol. The van der Waals surface area contributed by atoms with Gasteiger partial charge in [-0.25, -0.2) is 4.98 Å². The molecule has 1 aliphatic rings. The SMILES string of the molecule is Cc1ccc(O[C@H]2CCN(c3cc(Oc4ccccc4Cl)ccc3CO)C2)nc1. The summed E-state index contributed by atoms with van der Waals surface area (Å²) in [7, 11) is 0. The van der Waals surface area contributed by atoms with Crippen LogP contribution in [-0.4, -0.2) is 29.3 Å². The Hall–Kier alpha value is -2.76. The van der Waals surface area contributed by atoms with Crippen molar-refractivity contribution in [2.75, 3.05) is 18.0 Å². The quantitative estimate of drug-likeness (QED) is 0.620. The highest BCUT2D eigenvalue weighted by molar-refractivity contribution is 6.32. The zero-order valence-electron chi connectivity index (χ0n) is 16.2. The maximum Gasteiger partial charge on any atom is 0.213 e. The topological polar surface area (TPSA) is 54.8 Å². The largest absolute Gasteiger partial charge is 0.472 e. The third-order valence-electron chi connectivity index (χ3n) is 4.95. The van der Waals surface area contributed by atoms with Crippen molar-refractivity contribution in [2.45, 2.75) is 26.1 Å². The molecule has 150 valence electrons. The molecule has 1 aliphatic heterocycles. The minimum atomic E-state index is -0.0384. The summed E-state index contributed by atoms with van der Waals surface area (Å²) in [6.45, 7) is 3.52. The highest BCUT2D eigenvalue weighted by Gasteiger charge is 2.26. The van der Waals surface area contributed by atoms with Crippen molar-refractivity contribution >= 4 is 17.3 Å². The Morgan fingerprint density at radius 3 is 2.79 bits per heavy atom. The number of benzene rings is 2. The molecule has 2 heterocycles. The second kappa shape index (κ2) is 8.72. The standard InChI is InChI=1S/C23H23ClN2O3/c1-16-6-9-23(25-13-16)29-19-10-11-26(14-19)21-12-18(8-7-17(21)15-27)28-22-5-3-2-4-20(22)24/h2-9,12-13,19,27H,10-11,14-15H2,1H3/t19-/m0/s1. The summed E-state index contributed by atoms with van der Waals surface area (Å²) in [5, 5.41) is 10.4. The lowest BCUT2D eigenvalue weighted by Gasteiger charge is -2.22. The molecule has 1 N–H and O–H groups in total. The molecule has 6 heteroatoms. The number of pyridine rings is 1. The lowest BCUT2D eigenvalue weighted by molar-refractivity contribution is 0.215. The predicted octanol–water partition coefficient (Wildman–Crippen LogP) is 4.99. The van der Waals surface area contributed by atoms with Crippen LogP contribution in [0.4, 0.5) is 5.69 Å². The lowest BCUT2D eigenvalue weighted by atomic mass is 10.1. The lowest BCUT2D eigenvalue weighted by Crippen LogP contribution is -2.25. The molecule has 3 aromatic rings. The van der Waals surface area contributed by atoms with Gasteiger partial charge in [0.05, 0.1) is 18.2 Å². The Labute approximate surface area is 175 Å². The van der Waals surface area contributed by atoms with Crippen LogP contribution >= 0.6 is 11.6 Å². The molecule has 0 radical (unpaired) electrons. The van der Waals surface area contributed by atoms with Crippen molar-refractivity contribution in [1.29, 1.82) is 0 Å². The van der Waals surface area contributed by atoms with Crippen molar-refractivity contribution in [3.05, 3.63) is 76.9 Å². The molecule has 1 atom stereocenters. The number of aromatic nitrogens is 1. The van der Waals surface area contributed by atoms with E-state index in [4.69, 9.17) is 21.1 Å². The van der Waals surface area contributed by atoms with Crippen LogP contribution in [0.25, 0.3) is 0 Å². The first kappa shape index (κ1) is 19.6. The van der Waals surface area contributed by atoms with Gasteiger partial charge in [-0.3, -0.25) is 0 Å². The molecule has 5 nitrogen and oxygen atoms in total. The van der Waals surface area contributed by atoms with E-state index in [1.165, 1.54) is 0 Å². The maximum atomic E-state index is 9.80. The van der Waals surface area contributed by atoms with Gasteiger partial charge in [-0.1, -0.05) is 35.9 Å². The van der Waals surface area contributed by atoms with E-state index in [0.29, 0.717) is 22.4 Å². The molecule has 0 unspecified atom stereocenters. The highest BCUT2D eigenvalue weighted by atomic mass is 35.5. The maximum absolute atomic E-state index is 9.80. The molecule has 0 spiro atoms. The van der Waals surface area contributed by atoms with Crippen LogP contribution in [0.2, 0.25) is 5.02 Å². The van der Waals surface area contributed by atoms with E-state index in [2.05, 4.69) is 9.88 Å². The number of anilines is 1. The van der Waals surface area contributed by atoms with Gasteiger partial charge >= 0.3 is 0 Å². The van der Waals surface area contributed by atoms with Crippen molar-refractivity contribution in [1.82, 2.24) is 4.98 Å². The molecule has 2 aromatic carbocycles. The second-order valence-electron chi connectivity index (χ2n) is 7.13. The summed E-state index contributed by atoms with van der Waals surface area (Å²) in [4.78, 5) is 6.54. The molecule has 4 rings (SSSR count). The molecule has 1 saturated heterocycles. The normalized spacial score (nSPS) is 16.1. The zero-order valence-corrected chi connectivity index (χ0v) is 17.0. The first-order chi connectivity index (χ1) is 14.1. The number of hydrogen-bond donors (Lipinski definition) is 1. The first-order valence-electron chi connectivity index (χ1n) is 9.63. The number of aliphatic hydroxyl groups excluding tert-OH is 1. The monoisotopic (exact) mass is 410 g/mol. The number of aryl methyl sites for hydroxylation is 1. The Morgan fingerprint density at radius 1 is 1.17 bits per heavy atom. The number of hydrogen-bond acceptors (Lipinski definition) is 5. The van der Waals surface area contributed by atoms with E-state index in [0.717, 1.165) is 36.3 Å². The fraction of sp³-hybridized carbons (Fsp3) is 0.261. The van der Waals surface area contributed by atoms with Gasteiger partial charge in [0.2, 0.25) is 5.88 Å². The van der Waals surface area contributed by atoms with Gasteiger partial charge in [0.15, 0.2) is 0 Å². The van der Waals surface area contributed by atoms with Crippen molar-refractivity contribution < 1.29 is 14.6 Å². The van der Waals surface area contributed by atoms with Crippen LogP contribution in [0.3, 0.4) is 0 Å². The highest BCUT2D eigenvalue weighted by Crippen LogP contribution is 2.34. The third kappa shape index (κ3) is 4.63. The third-order valence-corrected chi connectivity index (χ3v) is 5.26. The number of rotatable bonds is 6. The summed E-state index contributed by atoms with van der Waals surface area (Å²) in [5.41, 5.74) is 2.90. The van der Waals surface area contributed by atoms with Gasteiger partial charge in [0, 0.05) is 42.5 Å². The van der Waals surface area contributed by atoms with Crippen LogP contribution in [-0.2, 0) is 6.61 Å². The van der Waals surface area contributed by atoms with Crippen molar-refractivity contribution in [3.8, 4) is 17.4 Å². The average Bonchev–Trinajstić information content (AvgIpc) is 3.20. The second-order valence-corrected chi connectivity index (χ2v) is 7.54. The number of ether oxygens (including phenoxy) is 2. The summed E-state index contributed by atoms with van der Waals surface area (Å²) >= 11 is 6.21. The van der Waals surface area contributed by atoms with Gasteiger partial charge < -0.3 is 19.5 Å². The number of aliphatic hydroxyl groups is 1. The van der Waals surface area contributed by atoms with Crippen LogP contribution in [0, 0.1) is 6.92 Å². The number of para-hydroxylation sites is 1. The van der Waals surface area contributed by atoms with E-state index in [1.54, 1.807) is 12.3 Å². The van der Waals surface area contributed by atoms with Crippen LogP contribution in [0.5, 0.6) is 17.4 Å².